The topological polar surface area (TPSA) is 63.3 Å². The van der Waals surface area contributed by atoms with Crippen molar-refractivity contribution in [3.05, 3.63) is 78.1 Å². The molecule has 4 aromatic rings. The smallest absolute Gasteiger partial charge is 0.224 e. The predicted octanol–water partition coefficient (Wildman–Crippen LogP) is 5.56. The number of rotatable bonds is 7. The number of aromatic amines is 1. The van der Waals surface area contributed by atoms with Gasteiger partial charge in [-0.1, -0.05) is 18.2 Å². The number of amides is 1. The Hall–Kier alpha value is -3.80. The first-order valence-electron chi connectivity index (χ1n) is 9.96. The largest absolute Gasteiger partial charge is 0.493 e. The number of nitrogens with one attached hydrogen (secondary N) is 2. The van der Waals surface area contributed by atoms with Crippen molar-refractivity contribution in [3.8, 4) is 22.8 Å². The molecule has 0 saturated carbocycles. The Morgan fingerprint density at radius 3 is 2.45 bits per heavy atom. The Morgan fingerprint density at radius 1 is 0.968 bits per heavy atom. The number of benzene rings is 3. The second kappa shape index (κ2) is 8.92. The third-order valence-electron chi connectivity index (χ3n) is 5.22. The van der Waals surface area contributed by atoms with Crippen molar-refractivity contribution in [1.29, 1.82) is 0 Å². The maximum Gasteiger partial charge on any atom is 0.224 e. The van der Waals surface area contributed by atoms with Crippen LogP contribution in [0.5, 0.6) is 11.5 Å². The molecule has 5 nitrogen and oxygen atoms in total. The molecule has 0 atom stereocenters. The van der Waals surface area contributed by atoms with Crippen molar-refractivity contribution in [2.24, 2.45) is 0 Å². The van der Waals surface area contributed by atoms with E-state index in [-0.39, 0.29) is 11.7 Å². The van der Waals surface area contributed by atoms with Gasteiger partial charge in [0, 0.05) is 34.8 Å². The molecule has 0 fully saturated rings. The van der Waals surface area contributed by atoms with E-state index in [2.05, 4.69) is 10.3 Å². The van der Waals surface area contributed by atoms with Crippen LogP contribution >= 0.6 is 0 Å². The van der Waals surface area contributed by atoms with Gasteiger partial charge in [0.25, 0.3) is 0 Å². The van der Waals surface area contributed by atoms with E-state index < -0.39 is 0 Å². The standard InChI is InChI=1S/C25H23FN2O3/c1-30-22-13-11-18(15-23(22)31-2)27-24(29)14-12-20-19-5-3-4-6-21(19)28-25(20)16-7-9-17(26)10-8-16/h3-11,13,15,28H,12,14H2,1-2H3,(H,27,29). The summed E-state index contributed by atoms with van der Waals surface area (Å²) in [5.41, 5.74) is 4.44. The van der Waals surface area contributed by atoms with E-state index in [1.165, 1.54) is 12.1 Å². The SMILES string of the molecule is COc1ccc(NC(=O)CCc2c(-c3ccc(F)cc3)[nH]c3ccccc23)cc1OC. The highest BCUT2D eigenvalue weighted by Crippen LogP contribution is 2.32. The number of para-hydroxylation sites is 1. The van der Waals surface area contributed by atoms with Crippen LogP contribution in [0.25, 0.3) is 22.2 Å². The van der Waals surface area contributed by atoms with Crippen molar-refractivity contribution in [2.45, 2.75) is 12.8 Å². The molecule has 1 aromatic heterocycles. The summed E-state index contributed by atoms with van der Waals surface area (Å²) in [6.45, 7) is 0. The quantitative estimate of drug-likeness (QED) is 0.413. The normalized spacial score (nSPS) is 10.8. The van der Waals surface area contributed by atoms with Crippen molar-refractivity contribution in [1.82, 2.24) is 4.98 Å². The highest BCUT2D eigenvalue weighted by Gasteiger charge is 2.15. The zero-order valence-corrected chi connectivity index (χ0v) is 17.4. The molecular weight excluding hydrogens is 395 g/mol. The number of carbonyl (C=O) groups is 1. The molecule has 0 spiro atoms. The maximum absolute atomic E-state index is 13.4. The van der Waals surface area contributed by atoms with Gasteiger partial charge in [-0.15, -0.1) is 0 Å². The fourth-order valence-electron chi connectivity index (χ4n) is 3.70. The van der Waals surface area contributed by atoms with Crippen LogP contribution < -0.4 is 14.8 Å². The lowest BCUT2D eigenvalue weighted by Gasteiger charge is -2.11. The molecule has 3 aromatic carbocycles. The Labute approximate surface area is 179 Å². The number of fused-ring (bicyclic) bond motifs is 1. The fraction of sp³-hybridized carbons (Fsp3) is 0.160. The predicted molar refractivity (Wildman–Crippen MR) is 120 cm³/mol. The van der Waals surface area contributed by atoms with Gasteiger partial charge in [-0.2, -0.15) is 0 Å². The first-order chi connectivity index (χ1) is 15.1. The van der Waals surface area contributed by atoms with Gasteiger partial charge in [0.15, 0.2) is 11.5 Å². The van der Waals surface area contributed by atoms with Gasteiger partial charge in [-0.25, -0.2) is 4.39 Å². The minimum Gasteiger partial charge on any atom is -0.493 e. The molecule has 0 aliphatic carbocycles. The number of methoxy groups -OCH3 is 2. The average molecular weight is 418 g/mol. The summed E-state index contributed by atoms with van der Waals surface area (Å²) in [6.07, 6.45) is 0.834. The van der Waals surface area contributed by atoms with Gasteiger partial charge in [-0.05, 0) is 60.0 Å². The second-order valence-electron chi connectivity index (χ2n) is 7.15. The molecule has 1 heterocycles. The van der Waals surface area contributed by atoms with E-state index in [9.17, 15) is 9.18 Å². The van der Waals surface area contributed by atoms with Gasteiger partial charge in [-0.3, -0.25) is 4.79 Å². The van der Waals surface area contributed by atoms with E-state index >= 15 is 0 Å². The van der Waals surface area contributed by atoms with E-state index in [4.69, 9.17) is 9.47 Å². The van der Waals surface area contributed by atoms with Gasteiger partial charge < -0.3 is 19.8 Å². The molecule has 0 aliphatic rings. The van der Waals surface area contributed by atoms with Gasteiger partial charge in [0.05, 0.1) is 14.2 Å². The zero-order valence-electron chi connectivity index (χ0n) is 17.4. The lowest BCUT2D eigenvalue weighted by atomic mass is 10.0. The summed E-state index contributed by atoms with van der Waals surface area (Å²) >= 11 is 0. The van der Waals surface area contributed by atoms with Crippen LogP contribution in [-0.4, -0.2) is 25.1 Å². The monoisotopic (exact) mass is 418 g/mol. The summed E-state index contributed by atoms with van der Waals surface area (Å²) in [5, 5.41) is 3.97. The number of halogens is 1. The highest BCUT2D eigenvalue weighted by atomic mass is 19.1. The Bertz CT molecular complexity index is 1220. The summed E-state index contributed by atoms with van der Waals surface area (Å²) in [7, 11) is 3.12. The molecule has 2 N–H and O–H groups in total. The Morgan fingerprint density at radius 2 is 1.71 bits per heavy atom. The van der Waals surface area contributed by atoms with Crippen LogP contribution in [0.3, 0.4) is 0 Å². The van der Waals surface area contributed by atoms with Crippen molar-refractivity contribution < 1.29 is 18.7 Å². The van der Waals surface area contributed by atoms with Crippen LogP contribution in [0.4, 0.5) is 10.1 Å². The molecule has 0 saturated heterocycles. The van der Waals surface area contributed by atoms with E-state index in [1.807, 2.05) is 24.3 Å². The van der Waals surface area contributed by atoms with Crippen molar-refractivity contribution in [2.75, 3.05) is 19.5 Å². The Balaban J connectivity index is 1.55. The molecule has 0 radical (unpaired) electrons. The third kappa shape index (κ3) is 4.38. The number of aryl methyl sites for hydroxylation is 1. The van der Waals surface area contributed by atoms with Gasteiger partial charge in [0.2, 0.25) is 5.91 Å². The van der Waals surface area contributed by atoms with E-state index in [0.29, 0.717) is 30.0 Å². The molecule has 1 amide bonds. The summed E-state index contributed by atoms with van der Waals surface area (Å²) in [5.74, 6) is 0.761. The van der Waals surface area contributed by atoms with Crippen LogP contribution in [-0.2, 0) is 11.2 Å². The van der Waals surface area contributed by atoms with E-state index in [1.54, 1.807) is 44.6 Å². The molecule has 6 heteroatoms. The second-order valence-corrected chi connectivity index (χ2v) is 7.15. The highest BCUT2D eigenvalue weighted by molar-refractivity contribution is 5.94. The number of aromatic nitrogens is 1. The number of hydrogen-bond donors (Lipinski definition) is 2. The summed E-state index contributed by atoms with van der Waals surface area (Å²) in [6, 6.07) is 19.6. The Kier molecular flexibility index (Phi) is 5.89. The third-order valence-corrected chi connectivity index (χ3v) is 5.22. The number of carbonyl (C=O) groups excluding carboxylic acids is 1. The molecule has 158 valence electrons. The summed E-state index contributed by atoms with van der Waals surface area (Å²) < 4.78 is 23.9. The van der Waals surface area contributed by atoms with Crippen molar-refractivity contribution >= 4 is 22.5 Å². The minimum atomic E-state index is -0.282. The number of H-pyrrole nitrogens is 1. The first kappa shape index (κ1) is 20.5. The lowest BCUT2D eigenvalue weighted by Crippen LogP contribution is -2.12. The van der Waals surface area contributed by atoms with Crippen LogP contribution in [0.2, 0.25) is 0 Å². The van der Waals surface area contributed by atoms with E-state index in [0.717, 1.165) is 27.7 Å². The summed E-state index contributed by atoms with van der Waals surface area (Å²) in [4.78, 5) is 16.1. The lowest BCUT2D eigenvalue weighted by molar-refractivity contribution is -0.116. The fourth-order valence-corrected chi connectivity index (χ4v) is 3.70. The molecule has 4 rings (SSSR count). The average Bonchev–Trinajstić information content (AvgIpc) is 3.16. The van der Waals surface area contributed by atoms with Crippen LogP contribution in [0, 0.1) is 5.82 Å². The van der Waals surface area contributed by atoms with Gasteiger partial charge >= 0.3 is 0 Å². The maximum atomic E-state index is 13.4. The van der Waals surface area contributed by atoms with Crippen LogP contribution in [0.1, 0.15) is 12.0 Å². The molecule has 0 unspecified atom stereocenters. The molecule has 0 aliphatic heterocycles. The van der Waals surface area contributed by atoms with Crippen LogP contribution in [0.15, 0.2) is 66.7 Å². The zero-order chi connectivity index (χ0) is 21.8. The first-order valence-corrected chi connectivity index (χ1v) is 9.96. The molecule has 0 bridgehead atoms. The number of anilines is 1. The molecular formula is C25H23FN2O3. The number of ether oxygens (including phenoxy) is 2. The minimum absolute atomic E-state index is 0.109. The van der Waals surface area contributed by atoms with Crippen molar-refractivity contribution in [3.63, 3.8) is 0 Å². The van der Waals surface area contributed by atoms with Gasteiger partial charge in [0.1, 0.15) is 5.82 Å². The number of hydrogen-bond acceptors (Lipinski definition) is 3. The molecule has 31 heavy (non-hydrogen) atoms.